The Labute approximate surface area is 140 Å². The highest BCUT2D eigenvalue weighted by Crippen LogP contribution is 2.26. The average Bonchev–Trinajstić information content (AvgIpc) is 2.99. The molecule has 1 aromatic carbocycles. The predicted octanol–water partition coefficient (Wildman–Crippen LogP) is 1.65. The first kappa shape index (κ1) is 17.8. The normalized spacial score (nSPS) is 11.8. The summed E-state index contributed by atoms with van der Waals surface area (Å²) in [6.45, 7) is 0. The van der Waals surface area contributed by atoms with Gasteiger partial charge in [-0.25, -0.2) is 12.7 Å². The molecule has 0 amide bonds. The van der Waals surface area contributed by atoms with Gasteiger partial charge in [-0.05, 0) is 18.6 Å². The number of nitrogens with zero attached hydrogens (tertiary/aromatic N) is 4. The highest BCUT2D eigenvalue weighted by atomic mass is 32.2. The second-order valence-corrected chi connectivity index (χ2v) is 8.32. The van der Waals surface area contributed by atoms with E-state index in [1.807, 2.05) is 28.8 Å². The Morgan fingerprint density at radius 3 is 2.74 bits per heavy atom. The van der Waals surface area contributed by atoms with Crippen molar-refractivity contribution in [2.75, 3.05) is 32.7 Å². The molecular formula is C14H20N4O3S2. The molecule has 0 radical (unpaired) electrons. The number of hydrogen-bond donors (Lipinski definition) is 0. The van der Waals surface area contributed by atoms with Gasteiger partial charge in [-0.15, -0.1) is 10.2 Å². The minimum atomic E-state index is -3.16. The van der Waals surface area contributed by atoms with Gasteiger partial charge in [-0.1, -0.05) is 23.9 Å². The van der Waals surface area contributed by atoms with Crippen LogP contribution < -0.4 is 4.74 Å². The van der Waals surface area contributed by atoms with E-state index in [-0.39, 0.29) is 5.75 Å². The number of benzene rings is 1. The van der Waals surface area contributed by atoms with Crippen LogP contribution in [0.1, 0.15) is 6.42 Å². The molecule has 0 unspecified atom stereocenters. The maximum Gasteiger partial charge on any atom is 0.213 e. The van der Waals surface area contributed by atoms with Crippen LogP contribution in [0.15, 0.2) is 35.7 Å². The lowest BCUT2D eigenvalue weighted by Crippen LogP contribution is -2.25. The van der Waals surface area contributed by atoms with Crippen LogP contribution in [0.25, 0.3) is 5.69 Å². The molecule has 0 saturated carbocycles. The summed E-state index contributed by atoms with van der Waals surface area (Å²) in [6, 6.07) is 7.60. The quantitative estimate of drug-likeness (QED) is 0.529. The first-order valence-electron chi connectivity index (χ1n) is 7.02. The summed E-state index contributed by atoms with van der Waals surface area (Å²) >= 11 is 1.47. The molecule has 0 spiro atoms. The summed E-state index contributed by atoms with van der Waals surface area (Å²) in [5, 5.41) is 8.74. The Kier molecular flexibility index (Phi) is 6.03. The van der Waals surface area contributed by atoms with E-state index < -0.39 is 10.0 Å². The van der Waals surface area contributed by atoms with E-state index in [0.29, 0.717) is 17.3 Å². The lowest BCUT2D eigenvalue weighted by atomic mass is 10.3. The van der Waals surface area contributed by atoms with Gasteiger partial charge in [-0.3, -0.25) is 4.57 Å². The zero-order valence-electron chi connectivity index (χ0n) is 13.3. The summed E-state index contributed by atoms with van der Waals surface area (Å²) in [4.78, 5) is 0. The Morgan fingerprint density at radius 1 is 1.30 bits per heavy atom. The molecule has 7 nitrogen and oxygen atoms in total. The van der Waals surface area contributed by atoms with E-state index >= 15 is 0 Å². The molecule has 0 N–H and O–H groups in total. The highest BCUT2D eigenvalue weighted by Gasteiger charge is 2.14. The fourth-order valence-corrected chi connectivity index (χ4v) is 3.82. The number of para-hydroxylation sites is 2. The van der Waals surface area contributed by atoms with E-state index in [1.54, 1.807) is 27.5 Å². The summed E-state index contributed by atoms with van der Waals surface area (Å²) in [5.41, 5.74) is 0.850. The van der Waals surface area contributed by atoms with Crippen LogP contribution in [-0.4, -0.2) is 60.2 Å². The van der Waals surface area contributed by atoms with Gasteiger partial charge in [0.15, 0.2) is 5.16 Å². The summed E-state index contributed by atoms with van der Waals surface area (Å²) in [7, 11) is 1.54. The van der Waals surface area contributed by atoms with Crippen molar-refractivity contribution in [1.29, 1.82) is 0 Å². The maximum atomic E-state index is 11.7. The fraction of sp³-hybridized carbons (Fsp3) is 0.429. The number of ether oxygens (including phenoxy) is 1. The third-order valence-electron chi connectivity index (χ3n) is 3.20. The smallest absolute Gasteiger partial charge is 0.213 e. The third kappa shape index (κ3) is 4.46. The number of rotatable bonds is 8. The Bertz CT molecular complexity index is 744. The standard InChI is InChI=1S/C14H20N4O3S2/c1-17(2)23(19,20)10-6-9-22-14-16-15-11-18(14)12-7-4-5-8-13(12)21-3/h4-5,7-8,11H,6,9-10H2,1-3H3. The zero-order valence-corrected chi connectivity index (χ0v) is 15.0. The topological polar surface area (TPSA) is 77.3 Å². The second-order valence-electron chi connectivity index (χ2n) is 4.96. The monoisotopic (exact) mass is 356 g/mol. The van der Waals surface area contributed by atoms with Gasteiger partial charge < -0.3 is 4.74 Å². The van der Waals surface area contributed by atoms with Crippen LogP contribution in [0.2, 0.25) is 0 Å². The van der Waals surface area contributed by atoms with Gasteiger partial charge in [-0.2, -0.15) is 0 Å². The van der Waals surface area contributed by atoms with Crippen molar-refractivity contribution < 1.29 is 13.2 Å². The van der Waals surface area contributed by atoms with Crippen LogP contribution in [0.3, 0.4) is 0 Å². The van der Waals surface area contributed by atoms with E-state index in [9.17, 15) is 8.42 Å². The molecule has 2 aromatic rings. The molecule has 0 bridgehead atoms. The molecule has 0 fully saturated rings. The van der Waals surface area contributed by atoms with Gasteiger partial charge in [0.1, 0.15) is 12.1 Å². The summed E-state index contributed by atoms with van der Waals surface area (Å²) < 4.78 is 31.9. The number of aromatic nitrogens is 3. The Morgan fingerprint density at radius 2 is 2.04 bits per heavy atom. The fourth-order valence-electron chi connectivity index (χ4n) is 1.90. The van der Waals surface area contributed by atoms with Crippen molar-refractivity contribution in [3.63, 3.8) is 0 Å². The molecule has 1 aromatic heterocycles. The Hall–Kier alpha value is -1.58. The number of methoxy groups -OCH3 is 1. The highest BCUT2D eigenvalue weighted by molar-refractivity contribution is 7.99. The van der Waals surface area contributed by atoms with Crippen molar-refractivity contribution in [1.82, 2.24) is 19.1 Å². The van der Waals surface area contributed by atoms with Crippen molar-refractivity contribution in [3.05, 3.63) is 30.6 Å². The predicted molar refractivity (Wildman–Crippen MR) is 90.7 cm³/mol. The van der Waals surface area contributed by atoms with Crippen molar-refractivity contribution in [2.45, 2.75) is 11.6 Å². The SMILES string of the molecule is COc1ccccc1-n1cnnc1SCCCS(=O)(=O)N(C)C. The van der Waals surface area contributed by atoms with Gasteiger partial charge in [0.05, 0.1) is 18.6 Å². The van der Waals surface area contributed by atoms with Crippen molar-refractivity contribution >= 4 is 21.8 Å². The number of sulfonamides is 1. The molecule has 0 aliphatic carbocycles. The molecule has 1 heterocycles. The molecule has 126 valence electrons. The van der Waals surface area contributed by atoms with Crippen LogP contribution in [0, 0.1) is 0 Å². The first-order chi connectivity index (χ1) is 11.0. The summed E-state index contributed by atoms with van der Waals surface area (Å²) in [6.07, 6.45) is 2.17. The molecule has 23 heavy (non-hydrogen) atoms. The molecular weight excluding hydrogens is 336 g/mol. The van der Waals surface area contributed by atoms with Gasteiger partial charge in [0, 0.05) is 19.8 Å². The van der Waals surface area contributed by atoms with Crippen molar-refractivity contribution in [3.8, 4) is 11.4 Å². The van der Waals surface area contributed by atoms with E-state index in [2.05, 4.69) is 10.2 Å². The third-order valence-corrected chi connectivity index (χ3v) is 6.14. The lowest BCUT2D eigenvalue weighted by molar-refractivity contribution is 0.412. The molecule has 0 saturated heterocycles. The number of hydrogen-bond acceptors (Lipinski definition) is 6. The van der Waals surface area contributed by atoms with E-state index in [4.69, 9.17) is 4.74 Å². The second kappa shape index (κ2) is 7.80. The summed E-state index contributed by atoms with van der Waals surface area (Å²) in [5.74, 6) is 1.49. The lowest BCUT2D eigenvalue weighted by Gasteiger charge is -2.11. The van der Waals surface area contributed by atoms with E-state index in [1.165, 1.54) is 16.1 Å². The Balaban J connectivity index is 2.02. The van der Waals surface area contributed by atoms with Gasteiger partial charge >= 0.3 is 0 Å². The van der Waals surface area contributed by atoms with Gasteiger partial charge in [0.25, 0.3) is 0 Å². The average molecular weight is 356 g/mol. The van der Waals surface area contributed by atoms with Crippen LogP contribution in [0.4, 0.5) is 0 Å². The molecule has 0 aliphatic rings. The minimum Gasteiger partial charge on any atom is -0.495 e. The largest absolute Gasteiger partial charge is 0.495 e. The molecule has 0 aliphatic heterocycles. The van der Waals surface area contributed by atoms with Gasteiger partial charge in [0.2, 0.25) is 10.0 Å². The zero-order chi connectivity index (χ0) is 16.9. The molecule has 2 rings (SSSR count). The van der Waals surface area contributed by atoms with E-state index in [0.717, 1.165) is 11.4 Å². The minimum absolute atomic E-state index is 0.121. The van der Waals surface area contributed by atoms with Crippen LogP contribution in [0.5, 0.6) is 5.75 Å². The number of thioether (sulfide) groups is 1. The van der Waals surface area contributed by atoms with Crippen LogP contribution in [-0.2, 0) is 10.0 Å². The maximum absolute atomic E-state index is 11.7. The van der Waals surface area contributed by atoms with Crippen LogP contribution >= 0.6 is 11.8 Å². The molecule has 9 heteroatoms. The first-order valence-corrected chi connectivity index (χ1v) is 9.61. The molecule has 0 atom stereocenters. The van der Waals surface area contributed by atoms with Crippen molar-refractivity contribution in [2.24, 2.45) is 0 Å².